The topological polar surface area (TPSA) is 37.8 Å². The molecule has 0 amide bonds. The van der Waals surface area contributed by atoms with E-state index in [1.54, 1.807) is 30.3 Å². The number of hydrogen-bond acceptors (Lipinski definition) is 3. The van der Waals surface area contributed by atoms with Crippen molar-refractivity contribution in [3.8, 4) is 0 Å². The monoisotopic (exact) mass is 307 g/mol. The van der Waals surface area contributed by atoms with E-state index < -0.39 is 0 Å². The number of halogens is 3. The first-order valence-corrected chi connectivity index (χ1v) is 6.53. The van der Waals surface area contributed by atoms with Crippen molar-refractivity contribution in [1.82, 2.24) is 9.97 Å². The zero-order valence-corrected chi connectivity index (χ0v) is 11.6. The molecule has 0 bridgehead atoms. The smallest absolute Gasteiger partial charge is 0.224 e. The van der Waals surface area contributed by atoms with Crippen LogP contribution in [0.1, 0.15) is 0 Å². The van der Waals surface area contributed by atoms with Crippen LogP contribution in [0.25, 0.3) is 10.9 Å². The van der Waals surface area contributed by atoms with Gasteiger partial charge in [-0.2, -0.15) is 4.98 Å². The Morgan fingerprint density at radius 3 is 2.45 bits per heavy atom. The van der Waals surface area contributed by atoms with Gasteiger partial charge in [-0.1, -0.05) is 11.6 Å². The van der Waals surface area contributed by atoms with Gasteiger partial charge in [-0.25, -0.2) is 9.37 Å². The van der Waals surface area contributed by atoms with Crippen LogP contribution in [-0.2, 0) is 0 Å². The van der Waals surface area contributed by atoms with Gasteiger partial charge in [-0.05, 0) is 54.1 Å². The van der Waals surface area contributed by atoms with E-state index in [-0.39, 0.29) is 11.1 Å². The summed E-state index contributed by atoms with van der Waals surface area (Å²) in [5.74, 6) is 0.0874. The molecule has 3 rings (SSSR count). The quantitative estimate of drug-likeness (QED) is 0.690. The van der Waals surface area contributed by atoms with Crippen LogP contribution in [-0.4, -0.2) is 9.97 Å². The van der Waals surface area contributed by atoms with E-state index in [4.69, 9.17) is 23.2 Å². The lowest BCUT2D eigenvalue weighted by Gasteiger charge is -2.09. The molecular formula is C14H8Cl2FN3. The van der Waals surface area contributed by atoms with Crippen LogP contribution in [0.5, 0.6) is 0 Å². The molecule has 0 aliphatic rings. The largest absolute Gasteiger partial charge is 0.340 e. The maximum Gasteiger partial charge on any atom is 0.224 e. The Morgan fingerprint density at radius 1 is 0.950 bits per heavy atom. The Kier molecular flexibility index (Phi) is 3.42. The molecule has 1 heterocycles. The van der Waals surface area contributed by atoms with E-state index in [2.05, 4.69) is 15.3 Å². The van der Waals surface area contributed by atoms with Crippen molar-refractivity contribution < 1.29 is 4.39 Å². The zero-order chi connectivity index (χ0) is 14.1. The summed E-state index contributed by atoms with van der Waals surface area (Å²) < 4.78 is 13.4. The summed E-state index contributed by atoms with van der Waals surface area (Å²) in [6.07, 6.45) is 0. The summed E-state index contributed by atoms with van der Waals surface area (Å²) in [5.41, 5.74) is 1.34. The number of anilines is 2. The maximum absolute atomic E-state index is 13.4. The first-order chi connectivity index (χ1) is 9.61. The van der Waals surface area contributed by atoms with Crippen molar-refractivity contribution in [3.05, 3.63) is 58.6 Å². The predicted octanol–water partition coefficient (Wildman–Crippen LogP) is 4.82. The molecule has 0 atom stereocenters. The Bertz CT molecular complexity index is 775. The van der Waals surface area contributed by atoms with E-state index in [0.29, 0.717) is 21.7 Å². The fourth-order valence-corrected chi connectivity index (χ4v) is 2.14. The highest BCUT2D eigenvalue weighted by Gasteiger charge is 2.08. The number of nitrogens with zero attached hydrogens (tertiary/aromatic N) is 2. The standard InChI is InChI=1S/C14H8Cl2FN3/c15-8-1-4-10(5-2-8)18-13-11-7-9(17)3-6-12(11)19-14(16)20-13/h1-7H,(H,18,19,20). The summed E-state index contributed by atoms with van der Waals surface area (Å²) in [5, 5.41) is 4.37. The number of aromatic nitrogens is 2. The Hall–Kier alpha value is -1.91. The Balaban J connectivity index is 2.10. The van der Waals surface area contributed by atoms with Gasteiger partial charge in [0.1, 0.15) is 11.6 Å². The molecule has 3 aromatic rings. The summed E-state index contributed by atoms with van der Waals surface area (Å²) in [6, 6.07) is 11.3. The van der Waals surface area contributed by atoms with Crippen molar-refractivity contribution in [1.29, 1.82) is 0 Å². The minimum absolute atomic E-state index is 0.0978. The fourth-order valence-electron chi connectivity index (χ4n) is 1.84. The molecule has 1 N–H and O–H groups in total. The number of benzene rings is 2. The average molecular weight is 308 g/mol. The van der Waals surface area contributed by atoms with Crippen LogP contribution in [0.15, 0.2) is 42.5 Å². The van der Waals surface area contributed by atoms with Gasteiger partial charge in [0.2, 0.25) is 5.28 Å². The van der Waals surface area contributed by atoms with E-state index >= 15 is 0 Å². The van der Waals surface area contributed by atoms with Gasteiger partial charge in [0.25, 0.3) is 0 Å². The van der Waals surface area contributed by atoms with Crippen LogP contribution in [0.4, 0.5) is 15.9 Å². The third-order valence-corrected chi connectivity index (χ3v) is 3.16. The highest BCUT2D eigenvalue weighted by molar-refractivity contribution is 6.30. The summed E-state index contributed by atoms with van der Waals surface area (Å²) >= 11 is 11.7. The van der Waals surface area contributed by atoms with Crippen LogP contribution in [0, 0.1) is 5.82 Å². The van der Waals surface area contributed by atoms with Gasteiger partial charge >= 0.3 is 0 Å². The summed E-state index contributed by atoms with van der Waals surface area (Å²) in [6.45, 7) is 0. The lowest BCUT2D eigenvalue weighted by molar-refractivity contribution is 0.629. The molecule has 0 fully saturated rings. The number of nitrogens with one attached hydrogen (secondary N) is 1. The van der Waals surface area contributed by atoms with Gasteiger partial charge in [0.05, 0.1) is 5.52 Å². The molecule has 0 spiro atoms. The van der Waals surface area contributed by atoms with Gasteiger partial charge in [0.15, 0.2) is 0 Å². The second kappa shape index (κ2) is 5.23. The molecule has 0 aliphatic heterocycles. The first-order valence-electron chi connectivity index (χ1n) is 5.77. The Morgan fingerprint density at radius 2 is 1.70 bits per heavy atom. The molecule has 0 saturated carbocycles. The van der Waals surface area contributed by atoms with Gasteiger partial charge in [-0.15, -0.1) is 0 Å². The normalized spacial score (nSPS) is 10.8. The van der Waals surface area contributed by atoms with Gasteiger partial charge < -0.3 is 5.32 Å². The molecule has 6 heteroatoms. The minimum atomic E-state index is -0.359. The molecule has 20 heavy (non-hydrogen) atoms. The highest BCUT2D eigenvalue weighted by atomic mass is 35.5. The predicted molar refractivity (Wildman–Crippen MR) is 79.2 cm³/mol. The molecular weight excluding hydrogens is 300 g/mol. The van der Waals surface area contributed by atoms with Crippen molar-refractivity contribution >= 4 is 45.6 Å². The third-order valence-electron chi connectivity index (χ3n) is 2.74. The van der Waals surface area contributed by atoms with E-state index in [0.717, 1.165) is 5.69 Å². The number of hydrogen-bond donors (Lipinski definition) is 1. The van der Waals surface area contributed by atoms with Gasteiger partial charge in [-0.3, -0.25) is 0 Å². The van der Waals surface area contributed by atoms with Crippen LogP contribution < -0.4 is 5.32 Å². The zero-order valence-electron chi connectivity index (χ0n) is 10.1. The van der Waals surface area contributed by atoms with E-state index in [1.165, 1.54) is 12.1 Å². The molecule has 1 aromatic heterocycles. The highest BCUT2D eigenvalue weighted by Crippen LogP contribution is 2.26. The van der Waals surface area contributed by atoms with Crippen LogP contribution in [0.3, 0.4) is 0 Å². The second-order valence-corrected chi connectivity index (χ2v) is 4.91. The van der Waals surface area contributed by atoms with Gasteiger partial charge in [0, 0.05) is 16.1 Å². The molecule has 0 saturated heterocycles. The van der Waals surface area contributed by atoms with E-state index in [1.807, 2.05) is 0 Å². The molecule has 0 aliphatic carbocycles. The summed E-state index contributed by atoms with van der Waals surface area (Å²) in [4.78, 5) is 8.16. The minimum Gasteiger partial charge on any atom is -0.340 e. The molecule has 0 radical (unpaired) electrons. The Labute approximate surface area is 124 Å². The summed E-state index contributed by atoms with van der Waals surface area (Å²) in [7, 11) is 0. The third kappa shape index (κ3) is 2.66. The number of fused-ring (bicyclic) bond motifs is 1. The lowest BCUT2D eigenvalue weighted by atomic mass is 10.2. The molecule has 0 unspecified atom stereocenters. The van der Waals surface area contributed by atoms with Crippen molar-refractivity contribution in [2.24, 2.45) is 0 Å². The van der Waals surface area contributed by atoms with E-state index in [9.17, 15) is 4.39 Å². The van der Waals surface area contributed by atoms with Crippen molar-refractivity contribution in [2.45, 2.75) is 0 Å². The number of rotatable bonds is 2. The van der Waals surface area contributed by atoms with Crippen LogP contribution >= 0.6 is 23.2 Å². The molecule has 3 nitrogen and oxygen atoms in total. The average Bonchev–Trinajstić information content (AvgIpc) is 2.42. The lowest BCUT2D eigenvalue weighted by Crippen LogP contribution is -1.97. The SMILES string of the molecule is Fc1ccc2nc(Cl)nc(Nc3ccc(Cl)cc3)c2c1. The van der Waals surface area contributed by atoms with Crippen molar-refractivity contribution in [3.63, 3.8) is 0 Å². The first kappa shape index (κ1) is 13.1. The van der Waals surface area contributed by atoms with Crippen LogP contribution in [0.2, 0.25) is 10.3 Å². The maximum atomic E-state index is 13.4. The molecule has 100 valence electrons. The molecule has 2 aromatic carbocycles. The van der Waals surface area contributed by atoms with Crippen molar-refractivity contribution in [2.75, 3.05) is 5.32 Å². The second-order valence-electron chi connectivity index (χ2n) is 4.13. The fraction of sp³-hybridized carbons (Fsp3) is 0.